The lowest BCUT2D eigenvalue weighted by atomic mass is 10.1. The van der Waals surface area contributed by atoms with E-state index < -0.39 is 6.09 Å². The van der Waals surface area contributed by atoms with E-state index in [9.17, 15) is 4.79 Å². The zero-order valence-electron chi connectivity index (χ0n) is 8.30. The molecule has 15 heavy (non-hydrogen) atoms. The average molecular weight is 223 g/mol. The minimum absolute atomic E-state index is 0.202. The van der Waals surface area contributed by atoms with Gasteiger partial charge in [-0.05, 0) is 18.6 Å². The van der Waals surface area contributed by atoms with Gasteiger partial charge in [0.1, 0.15) is 0 Å². The van der Waals surface area contributed by atoms with E-state index >= 15 is 0 Å². The molecule has 1 aromatic rings. The average Bonchev–Trinajstić information content (AvgIpc) is 2.17. The number of likely N-dealkylation sites (tertiary alicyclic amines) is 1. The molecule has 1 aromatic carbocycles. The molecule has 1 heterocycles. The Kier molecular flexibility index (Phi) is 3.16. The van der Waals surface area contributed by atoms with Crippen molar-refractivity contribution >= 4 is 17.9 Å². The zero-order chi connectivity index (χ0) is 10.7. The Balaban J connectivity index is 1.82. The first kappa shape index (κ1) is 10.4. The number of rotatable bonds is 3. The van der Waals surface area contributed by atoms with Crippen LogP contribution in [0.1, 0.15) is 6.42 Å². The molecule has 0 radical (unpaired) electrons. The Hall–Kier alpha value is -1.16. The van der Waals surface area contributed by atoms with Gasteiger partial charge in [0.25, 0.3) is 0 Å². The molecule has 0 aromatic heterocycles. The third-order valence-electron chi connectivity index (χ3n) is 2.58. The molecule has 0 aliphatic carbocycles. The molecule has 1 saturated heterocycles. The summed E-state index contributed by atoms with van der Waals surface area (Å²) in [4.78, 5) is 13.4. The summed E-state index contributed by atoms with van der Waals surface area (Å²) in [5, 5.41) is 8.82. The predicted octanol–water partition coefficient (Wildman–Crippen LogP) is 2.53. The number of amides is 1. The molecule has 80 valence electrons. The van der Waals surface area contributed by atoms with Gasteiger partial charge in [-0.25, -0.2) is 4.79 Å². The van der Waals surface area contributed by atoms with Crippen molar-refractivity contribution in [2.75, 3.05) is 12.3 Å². The summed E-state index contributed by atoms with van der Waals surface area (Å²) in [6, 6.07) is 10.3. The van der Waals surface area contributed by atoms with Crippen LogP contribution in [0.4, 0.5) is 4.79 Å². The lowest BCUT2D eigenvalue weighted by Crippen LogP contribution is -2.51. The van der Waals surface area contributed by atoms with Gasteiger partial charge in [-0.2, -0.15) is 0 Å². The Morgan fingerprint density at radius 2 is 2.20 bits per heavy atom. The highest BCUT2D eigenvalue weighted by atomic mass is 32.2. The second-order valence-electron chi connectivity index (χ2n) is 3.54. The van der Waals surface area contributed by atoms with Crippen molar-refractivity contribution in [2.45, 2.75) is 17.4 Å². The number of hydrogen-bond donors (Lipinski definition) is 1. The molecule has 1 aliphatic heterocycles. The zero-order valence-corrected chi connectivity index (χ0v) is 9.11. The van der Waals surface area contributed by atoms with E-state index in [0.29, 0.717) is 6.54 Å². The number of carbonyl (C=O) groups is 1. The van der Waals surface area contributed by atoms with Gasteiger partial charge >= 0.3 is 6.09 Å². The van der Waals surface area contributed by atoms with Gasteiger partial charge in [0.2, 0.25) is 0 Å². The molecule has 0 bridgehead atoms. The number of carboxylic acid groups (broad SMARTS) is 1. The normalized spacial score (nSPS) is 19.7. The van der Waals surface area contributed by atoms with Gasteiger partial charge in [-0.15, -0.1) is 11.8 Å². The van der Waals surface area contributed by atoms with Crippen LogP contribution in [0.3, 0.4) is 0 Å². The first-order valence-electron chi connectivity index (χ1n) is 4.95. The molecule has 3 nitrogen and oxygen atoms in total. The highest BCUT2D eigenvalue weighted by Crippen LogP contribution is 2.25. The van der Waals surface area contributed by atoms with Gasteiger partial charge in [-0.1, -0.05) is 18.2 Å². The molecule has 1 fully saturated rings. The van der Waals surface area contributed by atoms with Crippen LogP contribution in [0.5, 0.6) is 0 Å². The van der Waals surface area contributed by atoms with Crippen LogP contribution in [-0.4, -0.2) is 34.4 Å². The van der Waals surface area contributed by atoms with Gasteiger partial charge in [0, 0.05) is 23.2 Å². The fraction of sp³-hybridized carbons (Fsp3) is 0.364. The Bertz CT molecular complexity index is 342. The fourth-order valence-corrected chi connectivity index (χ4v) is 2.66. The van der Waals surface area contributed by atoms with Crippen molar-refractivity contribution in [3.8, 4) is 0 Å². The molecule has 4 heteroatoms. The van der Waals surface area contributed by atoms with Crippen LogP contribution in [0.25, 0.3) is 0 Å². The van der Waals surface area contributed by atoms with Crippen LogP contribution in [0.15, 0.2) is 35.2 Å². The van der Waals surface area contributed by atoms with Crippen LogP contribution in [-0.2, 0) is 0 Å². The van der Waals surface area contributed by atoms with Crippen LogP contribution in [0.2, 0.25) is 0 Å². The summed E-state index contributed by atoms with van der Waals surface area (Å²) in [6.07, 6.45) is 0.200. The molecule has 1 unspecified atom stereocenters. The van der Waals surface area contributed by atoms with E-state index in [0.717, 1.165) is 12.2 Å². The third-order valence-corrected chi connectivity index (χ3v) is 3.73. The van der Waals surface area contributed by atoms with Crippen molar-refractivity contribution in [3.63, 3.8) is 0 Å². The van der Waals surface area contributed by atoms with Crippen molar-refractivity contribution in [1.82, 2.24) is 4.90 Å². The highest BCUT2D eigenvalue weighted by molar-refractivity contribution is 7.99. The van der Waals surface area contributed by atoms with E-state index in [1.165, 1.54) is 9.80 Å². The van der Waals surface area contributed by atoms with Crippen molar-refractivity contribution < 1.29 is 9.90 Å². The topological polar surface area (TPSA) is 40.5 Å². The minimum atomic E-state index is -0.792. The van der Waals surface area contributed by atoms with Gasteiger partial charge in [0.15, 0.2) is 0 Å². The molecule has 1 atom stereocenters. The summed E-state index contributed by atoms with van der Waals surface area (Å²) in [5.41, 5.74) is 0. The third kappa shape index (κ3) is 2.45. The predicted molar refractivity (Wildman–Crippen MR) is 60.3 cm³/mol. The van der Waals surface area contributed by atoms with Gasteiger partial charge in [-0.3, -0.25) is 0 Å². The highest BCUT2D eigenvalue weighted by Gasteiger charge is 2.31. The largest absolute Gasteiger partial charge is 0.465 e. The lowest BCUT2D eigenvalue weighted by Gasteiger charge is -2.38. The van der Waals surface area contributed by atoms with Crippen molar-refractivity contribution in [1.29, 1.82) is 0 Å². The Morgan fingerprint density at radius 1 is 1.47 bits per heavy atom. The number of thioether (sulfide) groups is 1. The molecule has 1 amide bonds. The van der Waals surface area contributed by atoms with Crippen LogP contribution < -0.4 is 0 Å². The molecular weight excluding hydrogens is 210 g/mol. The first-order chi connectivity index (χ1) is 7.27. The molecule has 1 aliphatic rings. The number of nitrogens with zero attached hydrogens (tertiary/aromatic N) is 1. The quantitative estimate of drug-likeness (QED) is 0.800. The maximum atomic E-state index is 10.7. The van der Waals surface area contributed by atoms with Gasteiger partial charge < -0.3 is 10.0 Å². The van der Waals surface area contributed by atoms with Crippen LogP contribution >= 0.6 is 11.8 Å². The number of hydrogen-bond acceptors (Lipinski definition) is 2. The minimum Gasteiger partial charge on any atom is -0.465 e. The second-order valence-corrected chi connectivity index (χ2v) is 4.64. The molecule has 1 N–H and O–H groups in total. The number of benzene rings is 1. The maximum Gasteiger partial charge on any atom is 0.407 e. The molecule has 0 saturated carbocycles. The molecule has 0 spiro atoms. The molecular formula is C11H13NO2S. The van der Waals surface area contributed by atoms with Crippen molar-refractivity contribution in [2.24, 2.45) is 0 Å². The monoisotopic (exact) mass is 223 g/mol. The summed E-state index contributed by atoms with van der Waals surface area (Å²) >= 11 is 1.72. The summed E-state index contributed by atoms with van der Waals surface area (Å²) in [5.74, 6) is 0.857. The van der Waals surface area contributed by atoms with E-state index in [1.54, 1.807) is 11.8 Å². The molecule has 2 rings (SSSR count). The standard InChI is InChI=1S/C11H13NO2S/c13-11(14)12-7-6-9(12)8-15-10-4-2-1-3-5-10/h1-5,9H,6-8H2,(H,13,14). The maximum absolute atomic E-state index is 10.7. The van der Waals surface area contributed by atoms with E-state index in [2.05, 4.69) is 12.1 Å². The summed E-state index contributed by atoms with van der Waals surface area (Å²) < 4.78 is 0. The van der Waals surface area contributed by atoms with Crippen molar-refractivity contribution in [3.05, 3.63) is 30.3 Å². The lowest BCUT2D eigenvalue weighted by molar-refractivity contribution is 0.0854. The second kappa shape index (κ2) is 4.57. The van der Waals surface area contributed by atoms with Gasteiger partial charge in [0.05, 0.1) is 0 Å². The van der Waals surface area contributed by atoms with E-state index in [-0.39, 0.29) is 6.04 Å². The van der Waals surface area contributed by atoms with Crippen LogP contribution in [0, 0.1) is 0 Å². The van der Waals surface area contributed by atoms with E-state index in [1.807, 2.05) is 18.2 Å². The smallest absolute Gasteiger partial charge is 0.407 e. The first-order valence-corrected chi connectivity index (χ1v) is 5.93. The SMILES string of the molecule is O=C(O)N1CCC1CSc1ccccc1. The summed E-state index contributed by atoms with van der Waals surface area (Å²) in [6.45, 7) is 0.690. The summed E-state index contributed by atoms with van der Waals surface area (Å²) in [7, 11) is 0. The Labute approximate surface area is 93.1 Å². The van der Waals surface area contributed by atoms with E-state index in [4.69, 9.17) is 5.11 Å². The Morgan fingerprint density at radius 3 is 2.73 bits per heavy atom. The fourth-order valence-electron chi connectivity index (χ4n) is 1.58.